The molecule has 148 valence electrons. The second-order valence-electron chi connectivity index (χ2n) is 9.51. The molecule has 6 unspecified atom stereocenters. The Morgan fingerprint density at radius 1 is 1.30 bits per heavy atom. The lowest BCUT2D eigenvalue weighted by molar-refractivity contribution is -0.194. The third-order valence-corrected chi connectivity index (χ3v) is 8.51. The van der Waals surface area contributed by atoms with Crippen molar-refractivity contribution in [3.05, 3.63) is 23.5 Å². The second-order valence-corrected chi connectivity index (χ2v) is 9.51. The highest BCUT2D eigenvalue weighted by Crippen LogP contribution is 2.67. The number of carboxylic acids is 1. The van der Waals surface area contributed by atoms with Crippen molar-refractivity contribution in [1.82, 2.24) is 0 Å². The van der Waals surface area contributed by atoms with Gasteiger partial charge in [0.05, 0.1) is 12.4 Å². The van der Waals surface area contributed by atoms with E-state index in [0.717, 1.165) is 24.7 Å². The predicted octanol–water partition coefficient (Wildman–Crippen LogP) is 2.36. The number of hydrogen-bond donors (Lipinski definition) is 4. The van der Waals surface area contributed by atoms with Crippen LogP contribution in [0.4, 0.5) is 0 Å². The molecule has 0 saturated heterocycles. The highest BCUT2D eigenvalue weighted by molar-refractivity contribution is 6.05. The first kappa shape index (κ1) is 18.7. The van der Waals surface area contributed by atoms with Gasteiger partial charge in [-0.15, -0.1) is 0 Å². The van der Waals surface area contributed by atoms with Crippen LogP contribution in [0.25, 0.3) is 0 Å². The zero-order chi connectivity index (χ0) is 19.8. The fraction of sp³-hybridized carbons (Fsp3) is 0.714. The fourth-order valence-corrected chi connectivity index (χ4v) is 7.14. The molecule has 3 saturated carbocycles. The zero-order valence-electron chi connectivity index (χ0n) is 15.8. The van der Waals surface area contributed by atoms with Gasteiger partial charge < -0.3 is 20.4 Å². The molecule has 4 N–H and O–H groups in total. The lowest BCUT2D eigenvalue weighted by Gasteiger charge is -2.60. The molecule has 0 radical (unpaired) electrons. The Balaban J connectivity index is 1.77. The van der Waals surface area contributed by atoms with Gasteiger partial charge in [-0.3, -0.25) is 4.79 Å². The van der Waals surface area contributed by atoms with E-state index >= 15 is 0 Å². The molecule has 4 aliphatic carbocycles. The Morgan fingerprint density at radius 2 is 2.00 bits per heavy atom. The monoisotopic (exact) mass is 376 g/mol. The van der Waals surface area contributed by atoms with Crippen molar-refractivity contribution in [1.29, 1.82) is 0 Å². The van der Waals surface area contributed by atoms with Crippen molar-refractivity contribution < 1.29 is 30.0 Å². The van der Waals surface area contributed by atoms with E-state index in [1.165, 1.54) is 0 Å². The summed E-state index contributed by atoms with van der Waals surface area (Å²) < 4.78 is 0. The van der Waals surface area contributed by atoms with E-state index in [-0.39, 0.29) is 36.4 Å². The van der Waals surface area contributed by atoms with Gasteiger partial charge in [-0.05, 0) is 67.8 Å². The van der Waals surface area contributed by atoms with E-state index in [9.17, 15) is 30.0 Å². The van der Waals surface area contributed by atoms with Crippen molar-refractivity contribution in [2.75, 3.05) is 0 Å². The molecular weight excluding hydrogens is 348 g/mol. The van der Waals surface area contributed by atoms with Crippen LogP contribution in [0.2, 0.25) is 0 Å². The van der Waals surface area contributed by atoms with Gasteiger partial charge in [0.2, 0.25) is 0 Å². The molecule has 0 amide bonds. The molecule has 0 bridgehead atoms. The summed E-state index contributed by atoms with van der Waals surface area (Å²) in [7, 11) is 0. The summed E-state index contributed by atoms with van der Waals surface area (Å²) >= 11 is 0. The van der Waals surface area contributed by atoms with Crippen LogP contribution in [-0.2, 0) is 9.59 Å². The van der Waals surface area contributed by atoms with E-state index in [2.05, 4.69) is 6.92 Å². The number of aliphatic carboxylic acids is 1. The number of hydrogen-bond acceptors (Lipinski definition) is 5. The first-order chi connectivity index (χ1) is 12.6. The van der Waals surface area contributed by atoms with E-state index in [4.69, 9.17) is 0 Å². The first-order valence-electron chi connectivity index (χ1n) is 9.81. The lowest BCUT2D eigenvalue weighted by atomic mass is 9.45. The fourth-order valence-electron chi connectivity index (χ4n) is 7.14. The maximum atomic E-state index is 12.2. The quantitative estimate of drug-likeness (QED) is 0.412. The Morgan fingerprint density at radius 3 is 2.63 bits per heavy atom. The van der Waals surface area contributed by atoms with Crippen molar-refractivity contribution in [2.24, 2.45) is 28.6 Å². The van der Waals surface area contributed by atoms with Crippen LogP contribution in [0.3, 0.4) is 0 Å². The SMILES string of the molecule is CC12C/C(=C/O)C(=O)C=C1CCC1C2C(O)CC2(C)C1CC[C@]2(O)C(=O)O. The number of carboxylic acid groups (broad SMARTS) is 1. The summed E-state index contributed by atoms with van der Waals surface area (Å²) in [5.41, 5.74) is -1.73. The molecule has 0 aromatic heterocycles. The molecule has 4 rings (SSSR count). The van der Waals surface area contributed by atoms with Crippen molar-refractivity contribution in [3.63, 3.8) is 0 Å². The molecule has 6 nitrogen and oxygen atoms in total. The van der Waals surface area contributed by atoms with Crippen LogP contribution in [-0.4, -0.2) is 43.9 Å². The molecule has 0 aromatic carbocycles. The number of carbonyl (C=O) groups excluding carboxylic acids is 1. The number of ketones is 1. The highest BCUT2D eigenvalue weighted by Gasteiger charge is 2.68. The normalized spacial score (nSPS) is 50.6. The smallest absolute Gasteiger partial charge is 0.336 e. The minimum atomic E-state index is -1.81. The number of aliphatic hydroxyl groups excluding tert-OH is 2. The summed E-state index contributed by atoms with van der Waals surface area (Å²) in [6.07, 6.45) is 4.70. The van der Waals surface area contributed by atoms with Crippen LogP contribution in [0.1, 0.15) is 52.4 Å². The molecule has 3 fully saturated rings. The second kappa shape index (κ2) is 5.67. The predicted molar refractivity (Wildman–Crippen MR) is 96.8 cm³/mol. The molecule has 7 atom stereocenters. The number of aliphatic hydroxyl groups is 3. The van der Waals surface area contributed by atoms with Crippen LogP contribution in [0, 0.1) is 28.6 Å². The van der Waals surface area contributed by atoms with E-state index < -0.39 is 28.5 Å². The van der Waals surface area contributed by atoms with E-state index in [0.29, 0.717) is 18.4 Å². The lowest BCUT2D eigenvalue weighted by Crippen LogP contribution is -2.61. The molecule has 4 aliphatic rings. The average molecular weight is 376 g/mol. The number of carbonyl (C=O) groups is 2. The van der Waals surface area contributed by atoms with Gasteiger partial charge in [0.1, 0.15) is 0 Å². The molecule has 0 spiro atoms. The summed E-state index contributed by atoms with van der Waals surface area (Å²) in [5, 5.41) is 41.3. The zero-order valence-corrected chi connectivity index (χ0v) is 15.8. The average Bonchev–Trinajstić information content (AvgIpc) is 2.87. The largest absolute Gasteiger partial charge is 0.515 e. The minimum Gasteiger partial charge on any atom is -0.515 e. The molecule has 6 heteroatoms. The van der Waals surface area contributed by atoms with Gasteiger partial charge in [0.15, 0.2) is 11.4 Å². The molecule has 0 aromatic rings. The topological polar surface area (TPSA) is 115 Å². The molecule has 0 aliphatic heterocycles. The summed E-state index contributed by atoms with van der Waals surface area (Å²) in [6, 6.07) is 0. The number of allylic oxidation sites excluding steroid dienone is 2. The summed E-state index contributed by atoms with van der Waals surface area (Å²) in [5.74, 6) is -1.38. The minimum absolute atomic E-state index is 0.0181. The Kier molecular flexibility index (Phi) is 3.93. The van der Waals surface area contributed by atoms with Crippen molar-refractivity contribution >= 4 is 11.8 Å². The number of fused-ring (bicyclic) bond motifs is 5. The van der Waals surface area contributed by atoms with Crippen LogP contribution in [0.5, 0.6) is 0 Å². The molecule has 0 heterocycles. The van der Waals surface area contributed by atoms with Gasteiger partial charge in [-0.25, -0.2) is 4.79 Å². The molecule has 27 heavy (non-hydrogen) atoms. The van der Waals surface area contributed by atoms with Crippen LogP contribution < -0.4 is 0 Å². The van der Waals surface area contributed by atoms with Crippen LogP contribution >= 0.6 is 0 Å². The van der Waals surface area contributed by atoms with Gasteiger partial charge in [-0.2, -0.15) is 0 Å². The Labute approximate surface area is 158 Å². The van der Waals surface area contributed by atoms with Gasteiger partial charge in [0, 0.05) is 11.0 Å². The number of rotatable bonds is 1. The summed E-state index contributed by atoms with van der Waals surface area (Å²) in [6.45, 7) is 3.87. The third-order valence-electron chi connectivity index (χ3n) is 8.51. The van der Waals surface area contributed by atoms with Gasteiger partial charge in [-0.1, -0.05) is 19.4 Å². The van der Waals surface area contributed by atoms with Crippen LogP contribution in [0.15, 0.2) is 23.5 Å². The standard InChI is InChI=1S/C21H28O6/c1-19-8-11(10-22)15(23)7-12(19)3-4-13-14-5-6-21(27,18(25)26)20(14,2)9-16(24)17(13)19/h7,10,13-14,16-17,22,24,27H,3-6,8-9H2,1-2H3,(H,25,26)/b11-10-/t13?,14?,16?,17?,19?,20?,21-/m0/s1. The maximum Gasteiger partial charge on any atom is 0.336 e. The van der Waals surface area contributed by atoms with E-state index in [1.54, 1.807) is 6.08 Å². The first-order valence-corrected chi connectivity index (χ1v) is 9.81. The maximum absolute atomic E-state index is 12.2. The Bertz CT molecular complexity index is 769. The van der Waals surface area contributed by atoms with Crippen molar-refractivity contribution in [3.8, 4) is 0 Å². The van der Waals surface area contributed by atoms with Crippen molar-refractivity contribution in [2.45, 2.75) is 64.1 Å². The third kappa shape index (κ3) is 2.20. The van der Waals surface area contributed by atoms with E-state index in [1.807, 2.05) is 6.92 Å². The van der Waals surface area contributed by atoms with Gasteiger partial charge in [0.25, 0.3) is 0 Å². The summed E-state index contributed by atoms with van der Waals surface area (Å²) in [4.78, 5) is 24.0. The van der Waals surface area contributed by atoms with Gasteiger partial charge >= 0.3 is 5.97 Å². The Hall–Kier alpha value is -1.66. The highest BCUT2D eigenvalue weighted by atomic mass is 16.4. The molecular formula is C21H28O6.